The summed E-state index contributed by atoms with van der Waals surface area (Å²) in [6, 6.07) is 9.74. The number of halogens is 1. The lowest BCUT2D eigenvalue weighted by Crippen LogP contribution is -2.19. The van der Waals surface area contributed by atoms with E-state index in [1.54, 1.807) is 19.1 Å². The Hall–Kier alpha value is -3.94. The monoisotopic (exact) mass is 409 g/mol. The van der Waals surface area contributed by atoms with Gasteiger partial charge in [0.15, 0.2) is 11.6 Å². The average Bonchev–Trinajstić information content (AvgIpc) is 2.97. The lowest BCUT2D eigenvalue weighted by atomic mass is 9.86. The van der Waals surface area contributed by atoms with Crippen molar-refractivity contribution in [3.8, 4) is 17.4 Å². The van der Waals surface area contributed by atoms with Gasteiger partial charge < -0.3 is 14.9 Å². The molecule has 2 aromatic carbocycles. The maximum absolute atomic E-state index is 14.8. The summed E-state index contributed by atoms with van der Waals surface area (Å²) in [6.07, 6.45) is -0.155. The van der Waals surface area contributed by atoms with Crippen molar-refractivity contribution in [3.63, 3.8) is 0 Å². The number of hydrogen-bond donors (Lipinski definition) is 2. The fourth-order valence-corrected chi connectivity index (χ4v) is 3.57. The van der Waals surface area contributed by atoms with Crippen LogP contribution in [0.2, 0.25) is 0 Å². The number of aromatic hydroxyl groups is 2. The Labute approximate surface area is 170 Å². The number of carbonyl (C=O) groups is 3. The van der Waals surface area contributed by atoms with Gasteiger partial charge in [0.1, 0.15) is 5.82 Å². The van der Waals surface area contributed by atoms with Crippen LogP contribution in [-0.4, -0.2) is 38.9 Å². The lowest BCUT2D eigenvalue weighted by molar-refractivity contribution is -0.142. The Morgan fingerprint density at radius 2 is 1.57 bits per heavy atom. The molecule has 1 aliphatic carbocycles. The summed E-state index contributed by atoms with van der Waals surface area (Å²) in [6.45, 7) is 1.85. The molecule has 0 radical (unpaired) electrons. The molecular weight excluding hydrogens is 393 g/mol. The number of esters is 1. The van der Waals surface area contributed by atoms with Crippen LogP contribution in [0.4, 0.5) is 4.39 Å². The van der Waals surface area contributed by atoms with Crippen molar-refractivity contribution in [1.29, 1.82) is 0 Å². The van der Waals surface area contributed by atoms with Crippen molar-refractivity contribution in [2.24, 2.45) is 0 Å². The fraction of sp³-hybridized carbons (Fsp3) is 0.136. The molecule has 0 spiro atoms. The van der Waals surface area contributed by atoms with E-state index in [1.165, 1.54) is 24.3 Å². The molecule has 3 aromatic rings. The van der Waals surface area contributed by atoms with Crippen LogP contribution >= 0.6 is 0 Å². The first-order valence-electron chi connectivity index (χ1n) is 9.14. The zero-order valence-corrected chi connectivity index (χ0v) is 15.8. The van der Waals surface area contributed by atoms with Gasteiger partial charge in [-0.15, -0.1) is 0 Å². The Bertz CT molecular complexity index is 1170. The summed E-state index contributed by atoms with van der Waals surface area (Å²) in [5.74, 6) is -4.18. The van der Waals surface area contributed by atoms with Gasteiger partial charge in [-0.1, -0.05) is 30.3 Å². The van der Waals surface area contributed by atoms with Crippen LogP contribution in [0.25, 0.3) is 5.69 Å². The highest BCUT2D eigenvalue weighted by atomic mass is 19.1. The van der Waals surface area contributed by atoms with Crippen LogP contribution in [0.3, 0.4) is 0 Å². The minimum Gasteiger partial charge on any atom is -0.494 e. The van der Waals surface area contributed by atoms with Gasteiger partial charge in [-0.05, 0) is 24.6 Å². The molecule has 1 aliphatic rings. The highest BCUT2D eigenvalue weighted by Crippen LogP contribution is 2.42. The molecular formula is C22H16FNO6. The first-order valence-corrected chi connectivity index (χ1v) is 9.14. The first-order chi connectivity index (χ1) is 14.3. The molecule has 30 heavy (non-hydrogen) atoms. The summed E-state index contributed by atoms with van der Waals surface area (Å²) in [7, 11) is 0. The molecule has 2 N–H and O–H groups in total. The van der Waals surface area contributed by atoms with Crippen LogP contribution in [0, 0.1) is 5.82 Å². The molecule has 1 heterocycles. The van der Waals surface area contributed by atoms with E-state index in [0.29, 0.717) is 10.1 Å². The van der Waals surface area contributed by atoms with Gasteiger partial charge in [-0.25, -0.2) is 8.96 Å². The molecule has 0 saturated carbocycles. The normalized spacial score (nSPS) is 12.5. The molecule has 0 amide bonds. The summed E-state index contributed by atoms with van der Waals surface area (Å²) in [4.78, 5) is 37.2. The number of ketones is 2. The van der Waals surface area contributed by atoms with Crippen molar-refractivity contribution in [2.45, 2.75) is 13.3 Å². The fourth-order valence-electron chi connectivity index (χ4n) is 3.57. The predicted octanol–water partition coefficient (Wildman–Crippen LogP) is 2.91. The van der Waals surface area contributed by atoms with E-state index in [0.717, 1.165) is 6.07 Å². The van der Waals surface area contributed by atoms with Crippen molar-refractivity contribution >= 4 is 17.5 Å². The van der Waals surface area contributed by atoms with Gasteiger partial charge in [-0.3, -0.25) is 14.4 Å². The molecule has 0 bridgehead atoms. The van der Waals surface area contributed by atoms with Gasteiger partial charge >= 0.3 is 5.97 Å². The Kier molecular flexibility index (Phi) is 4.62. The highest BCUT2D eigenvalue weighted by Gasteiger charge is 2.39. The van der Waals surface area contributed by atoms with Crippen molar-refractivity contribution in [2.75, 3.05) is 6.61 Å². The summed E-state index contributed by atoms with van der Waals surface area (Å²) in [5.41, 5.74) is -0.542. The Balaban J connectivity index is 1.82. The van der Waals surface area contributed by atoms with Crippen LogP contribution in [0.1, 0.15) is 44.3 Å². The van der Waals surface area contributed by atoms with Crippen molar-refractivity contribution in [1.82, 2.24) is 4.57 Å². The van der Waals surface area contributed by atoms with Gasteiger partial charge in [0, 0.05) is 11.1 Å². The number of hydrogen-bond acceptors (Lipinski definition) is 6. The summed E-state index contributed by atoms with van der Waals surface area (Å²) >= 11 is 0. The second-order valence-corrected chi connectivity index (χ2v) is 6.70. The standard InChI is InChI=1S/C22H16FNO6/c1-2-30-16(25)10-11-7-8-15(14(23)9-11)24-21(28)17-18(22(24)29)20(27)13-6-4-3-5-12(13)19(17)26/h3-9,28-29H,2,10H2,1H3. The molecule has 1 aromatic heterocycles. The number of benzene rings is 2. The molecule has 0 atom stereocenters. The van der Waals surface area contributed by atoms with Gasteiger partial charge in [-0.2, -0.15) is 0 Å². The predicted molar refractivity (Wildman–Crippen MR) is 103 cm³/mol. The highest BCUT2D eigenvalue weighted by molar-refractivity contribution is 6.30. The molecule has 152 valence electrons. The van der Waals surface area contributed by atoms with Gasteiger partial charge in [0.2, 0.25) is 11.8 Å². The maximum Gasteiger partial charge on any atom is 0.310 e. The second kappa shape index (κ2) is 7.14. The number of fused-ring (bicyclic) bond motifs is 2. The SMILES string of the molecule is CCOC(=O)Cc1ccc(-n2c(O)c3c(c2O)C(=O)c2ccccc2C3=O)c(F)c1. The largest absolute Gasteiger partial charge is 0.494 e. The molecule has 0 aliphatic heterocycles. The van der Waals surface area contributed by atoms with Gasteiger partial charge in [0.05, 0.1) is 29.8 Å². The third-order valence-corrected chi connectivity index (χ3v) is 4.90. The van der Waals surface area contributed by atoms with E-state index < -0.39 is 35.1 Å². The lowest BCUT2D eigenvalue weighted by Gasteiger charge is -2.13. The number of aromatic nitrogens is 1. The van der Waals surface area contributed by atoms with Crippen LogP contribution in [0.5, 0.6) is 11.8 Å². The number of nitrogens with zero attached hydrogens (tertiary/aromatic N) is 1. The number of rotatable bonds is 4. The van der Waals surface area contributed by atoms with E-state index in [9.17, 15) is 29.0 Å². The third kappa shape index (κ3) is 2.85. The van der Waals surface area contributed by atoms with E-state index >= 15 is 0 Å². The molecule has 7 nitrogen and oxygen atoms in total. The van der Waals surface area contributed by atoms with E-state index in [2.05, 4.69) is 0 Å². The average molecular weight is 409 g/mol. The van der Waals surface area contributed by atoms with Crippen molar-refractivity contribution in [3.05, 3.63) is 76.1 Å². The molecule has 0 saturated heterocycles. The molecule has 4 rings (SSSR count). The van der Waals surface area contributed by atoms with Crippen LogP contribution in [-0.2, 0) is 16.0 Å². The smallest absolute Gasteiger partial charge is 0.310 e. The Morgan fingerprint density at radius 1 is 1.00 bits per heavy atom. The summed E-state index contributed by atoms with van der Waals surface area (Å²) in [5, 5.41) is 21.2. The topological polar surface area (TPSA) is 106 Å². The van der Waals surface area contributed by atoms with Crippen molar-refractivity contribution < 1.29 is 33.7 Å². The first kappa shape index (κ1) is 19.4. The van der Waals surface area contributed by atoms with Gasteiger partial charge in [0.25, 0.3) is 0 Å². The van der Waals surface area contributed by atoms with E-state index in [1.807, 2.05) is 0 Å². The number of ether oxygens (including phenoxy) is 1. The second-order valence-electron chi connectivity index (χ2n) is 6.70. The van der Waals surface area contributed by atoms with Crippen LogP contribution in [0.15, 0.2) is 42.5 Å². The molecule has 0 fully saturated rings. The zero-order chi connectivity index (χ0) is 21.6. The molecule has 0 unspecified atom stereocenters. The Morgan fingerprint density at radius 3 is 2.07 bits per heavy atom. The van der Waals surface area contributed by atoms with E-state index in [4.69, 9.17) is 4.74 Å². The quantitative estimate of drug-likeness (QED) is 0.502. The summed E-state index contributed by atoms with van der Waals surface area (Å²) < 4.78 is 20.3. The maximum atomic E-state index is 14.8. The number of carbonyl (C=O) groups excluding carboxylic acids is 3. The minimum absolute atomic E-state index is 0.0905. The van der Waals surface area contributed by atoms with Crippen LogP contribution < -0.4 is 0 Å². The van der Waals surface area contributed by atoms with E-state index in [-0.39, 0.29) is 41.0 Å². The minimum atomic E-state index is -0.868. The third-order valence-electron chi connectivity index (χ3n) is 4.90. The zero-order valence-electron chi connectivity index (χ0n) is 15.8. The molecule has 8 heteroatoms.